The Hall–Kier alpha value is -0.370. The van der Waals surface area contributed by atoms with Gasteiger partial charge in [0.05, 0.1) is 33.6 Å². The van der Waals surface area contributed by atoms with Crippen molar-refractivity contribution in [2.45, 2.75) is 142 Å². The number of hydrogen-bond donors (Lipinski definition) is 0. The molecule has 0 saturated heterocycles. The summed E-state index contributed by atoms with van der Waals surface area (Å²) in [5.41, 5.74) is 0.115. The number of rotatable bonds is 19. The number of quaternary nitrogens is 1. The summed E-state index contributed by atoms with van der Waals surface area (Å²) in [7, 11) is 4.71. The van der Waals surface area contributed by atoms with Gasteiger partial charge in [-0.25, -0.2) is 0 Å². The third kappa shape index (κ3) is 8.97. The van der Waals surface area contributed by atoms with E-state index in [9.17, 15) is 4.79 Å². The maximum absolute atomic E-state index is 13.3. The third-order valence-corrected chi connectivity index (χ3v) is 9.69. The topological polar surface area (TPSA) is 17.1 Å². The van der Waals surface area contributed by atoms with Gasteiger partial charge in [-0.15, -0.1) is 0 Å². The number of carbonyl (C=O) groups is 1. The summed E-state index contributed by atoms with van der Waals surface area (Å²) in [4.78, 5) is 13.3. The highest BCUT2D eigenvalue weighted by atomic mass is 16.1. The summed E-state index contributed by atoms with van der Waals surface area (Å²) < 4.78 is 1.04. The molecule has 0 aromatic heterocycles. The van der Waals surface area contributed by atoms with Gasteiger partial charge in [0.15, 0.2) is 0 Å². The lowest BCUT2D eigenvalue weighted by molar-refractivity contribution is -0.890. The summed E-state index contributed by atoms with van der Waals surface area (Å²) in [5, 5.41) is 0. The molecule has 0 N–H and O–H groups in total. The number of carbonyl (C=O) groups excluding carboxylic acids is 1. The summed E-state index contributed by atoms with van der Waals surface area (Å²) in [6.07, 6.45) is 28.8. The largest absolute Gasteiger partial charge is 0.328 e. The van der Waals surface area contributed by atoms with Gasteiger partial charge >= 0.3 is 0 Å². The predicted octanol–water partition coefficient (Wildman–Crippen LogP) is 8.72. The molecule has 4 aliphatic rings. The van der Waals surface area contributed by atoms with Gasteiger partial charge in [0.2, 0.25) is 0 Å². The Bertz CT molecular complexity index is 530. The van der Waals surface area contributed by atoms with Gasteiger partial charge in [0, 0.05) is 5.41 Å². The zero-order valence-corrected chi connectivity index (χ0v) is 22.9. The van der Waals surface area contributed by atoms with Crippen molar-refractivity contribution in [3.05, 3.63) is 0 Å². The molecular weight excluding hydrogens is 402 g/mol. The van der Waals surface area contributed by atoms with Gasteiger partial charge in [-0.2, -0.15) is 0 Å². The van der Waals surface area contributed by atoms with E-state index in [4.69, 9.17) is 0 Å². The summed E-state index contributed by atoms with van der Waals surface area (Å²) >= 11 is 0. The van der Waals surface area contributed by atoms with E-state index in [0.29, 0.717) is 5.78 Å². The first-order chi connectivity index (χ1) is 15.9. The van der Waals surface area contributed by atoms with Crippen molar-refractivity contribution in [2.75, 3.05) is 27.2 Å². The van der Waals surface area contributed by atoms with Crippen LogP contribution in [0.25, 0.3) is 0 Å². The Balaban J connectivity index is 1.17. The highest BCUT2D eigenvalue weighted by molar-refractivity contribution is 5.85. The van der Waals surface area contributed by atoms with Crippen molar-refractivity contribution >= 4 is 5.78 Å². The molecule has 0 amide bonds. The Kier molecular flexibility index (Phi) is 11.3. The van der Waals surface area contributed by atoms with Crippen LogP contribution in [0, 0.1) is 23.2 Å². The first kappa shape index (κ1) is 27.2. The minimum atomic E-state index is 0.115. The highest BCUT2D eigenvalue weighted by Gasteiger charge is 2.54. The first-order valence-corrected chi connectivity index (χ1v) is 15.3. The lowest BCUT2D eigenvalue weighted by Crippen LogP contribution is -2.51. The maximum atomic E-state index is 13.3. The minimum absolute atomic E-state index is 0.115. The second-order valence-electron chi connectivity index (χ2n) is 13.4. The molecule has 4 saturated carbocycles. The van der Waals surface area contributed by atoms with E-state index in [2.05, 4.69) is 21.0 Å². The van der Waals surface area contributed by atoms with Gasteiger partial charge < -0.3 is 4.48 Å². The number of nitrogens with zero attached hydrogens (tertiary/aromatic N) is 1. The van der Waals surface area contributed by atoms with Gasteiger partial charge in [-0.05, 0) is 69.1 Å². The minimum Gasteiger partial charge on any atom is -0.328 e. The predicted molar refractivity (Wildman–Crippen MR) is 142 cm³/mol. The molecule has 33 heavy (non-hydrogen) atoms. The molecule has 0 unspecified atom stereocenters. The second kappa shape index (κ2) is 13.6. The Morgan fingerprint density at radius 1 is 0.636 bits per heavy atom. The normalized spacial score (nSPS) is 28.5. The van der Waals surface area contributed by atoms with Crippen LogP contribution in [0.15, 0.2) is 0 Å². The van der Waals surface area contributed by atoms with Crippen molar-refractivity contribution in [3.8, 4) is 0 Å². The van der Waals surface area contributed by atoms with Crippen LogP contribution in [0.4, 0.5) is 0 Å². The van der Waals surface area contributed by atoms with Crippen LogP contribution in [0.3, 0.4) is 0 Å². The third-order valence-electron chi connectivity index (χ3n) is 9.69. The SMILES string of the molecule is CCCCCCCCCCCCCCCC[N+](C)(C)CCC(=O)C12CC3CC(CC(C3)C1)C2. The van der Waals surface area contributed by atoms with Crippen LogP contribution < -0.4 is 0 Å². The van der Waals surface area contributed by atoms with E-state index in [0.717, 1.165) is 35.2 Å². The van der Waals surface area contributed by atoms with Gasteiger partial charge in [0.1, 0.15) is 5.78 Å². The van der Waals surface area contributed by atoms with Crippen molar-refractivity contribution in [1.29, 1.82) is 0 Å². The van der Waals surface area contributed by atoms with Crippen LogP contribution in [-0.4, -0.2) is 37.5 Å². The average molecular weight is 461 g/mol. The van der Waals surface area contributed by atoms with Crippen LogP contribution >= 0.6 is 0 Å². The number of unbranched alkanes of at least 4 members (excludes halogenated alkanes) is 13. The number of hydrogen-bond acceptors (Lipinski definition) is 1. The fourth-order valence-electron chi connectivity index (χ4n) is 7.97. The van der Waals surface area contributed by atoms with Crippen molar-refractivity contribution in [2.24, 2.45) is 23.2 Å². The smallest absolute Gasteiger partial charge is 0.144 e. The fraction of sp³-hybridized carbons (Fsp3) is 0.968. The van der Waals surface area contributed by atoms with E-state index in [1.807, 2.05) is 0 Å². The zero-order chi connectivity index (χ0) is 23.6. The molecule has 0 atom stereocenters. The molecule has 0 aromatic rings. The quantitative estimate of drug-likeness (QED) is 0.139. The number of Topliss-reactive ketones (excluding diaryl/α,β-unsaturated/α-hetero) is 1. The molecule has 0 spiro atoms. The molecule has 4 bridgehead atoms. The van der Waals surface area contributed by atoms with Crippen molar-refractivity contribution in [1.82, 2.24) is 0 Å². The zero-order valence-electron chi connectivity index (χ0n) is 22.9. The van der Waals surface area contributed by atoms with Crippen molar-refractivity contribution < 1.29 is 9.28 Å². The lowest BCUT2D eigenvalue weighted by Gasteiger charge is -2.56. The van der Waals surface area contributed by atoms with E-state index in [1.165, 1.54) is 135 Å². The molecular formula is C31H58NO+. The summed E-state index contributed by atoms with van der Waals surface area (Å²) in [6, 6.07) is 0. The Morgan fingerprint density at radius 3 is 1.45 bits per heavy atom. The van der Waals surface area contributed by atoms with Crippen LogP contribution in [-0.2, 0) is 4.79 Å². The van der Waals surface area contributed by atoms with E-state index in [-0.39, 0.29) is 5.41 Å². The molecule has 0 radical (unpaired) electrons. The molecule has 192 valence electrons. The van der Waals surface area contributed by atoms with E-state index in [1.54, 1.807) is 0 Å². The van der Waals surface area contributed by atoms with Crippen LogP contribution in [0.2, 0.25) is 0 Å². The van der Waals surface area contributed by atoms with E-state index < -0.39 is 0 Å². The molecule has 0 heterocycles. The molecule has 0 aliphatic heterocycles. The van der Waals surface area contributed by atoms with Gasteiger partial charge in [-0.1, -0.05) is 84.0 Å². The molecule has 2 heteroatoms. The summed E-state index contributed by atoms with van der Waals surface area (Å²) in [5.74, 6) is 3.31. The average Bonchev–Trinajstić information content (AvgIpc) is 2.77. The molecule has 0 aromatic carbocycles. The van der Waals surface area contributed by atoms with Gasteiger partial charge in [-0.3, -0.25) is 4.79 Å². The highest BCUT2D eigenvalue weighted by Crippen LogP contribution is 2.60. The summed E-state index contributed by atoms with van der Waals surface area (Å²) in [6.45, 7) is 4.59. The van der Waals surface area contributed by atoms with Crippen LogP contribution in [0.5, 0.6) is 0 Å². The Morgan fingerprint density at radius 2 is 1.03 bits per heavy atom. The molecule has 4 aliphatic carbocycles. The number of ketones is 1. The van der Waals surface area contributed by atoms with Crippen LogP contribution in [0.1, 0.15) is 142 Å². The van der Waals surface area contributed by atoms with Crippen molar-refractivity contribution in [3.63, 3.8) is 0 Å². The monoisotopic (exact) mass is 460 g/mol. The van der Waals surface area contributed by atoms with Gasteiger partial charge in [0.25, 0.3) is 0 Å². The maximum Gasteiger partial charge on any atom is 0.144 e. The lowest BCUT2D eigenvalue weighted by atomic mass is 9.48. The fourth-order valence-corrected chi connectivity index (χ4v) is 7.97. The molecule has 2 nitrogen and oxygen atoms in total. The molecule has 4 rings (SSSR count). The van der Waals surface area contributed by atoms with E-state index >= 15 is 0 Å². The first-order valence-electron chi connectivity index (χ1n) is 15.3. The molecule has 4 fully saturated rings. The standard InChI is InChI=1S/C31H58NO/c1-4-5-6-7-8-9-10-11-12-13-14-15-16-17-19-32(2,3)20-18-30(33)31-24-27-21-28(25-31)23-29(22-27)26-31/h27-29H,4-26H2,1-3H3/q+1. The Labute approximate surface area is 207 Å². The second-order valence-corrected chi connectivity index (χ2v) is 13.4.